The van der Waals surface area contributed by atoms with Crippen LogP contribution in [-0.4, -0.2) is 22.7 Å². The van der Waals surface area contributed by atoms with Crippen molar-refractivity contribution >= 4 is 17.7 Å². The van der Waals surface area contributed by atoms with Crippen LogP contribution >= 0.6 is 0 Å². The molecule has 3 aliphatic rings. The fraction of sp³-hybridized carbons (Fsp3) is 0.391. The number of anilines is 1. The highest BCUT2D eigenvalue weighted by atomic mass is 16.3. The van der Waals surface area contributed by atoms with Crippen LogP contribution in [0.3, 0.4) is 0 Å². The Hall–Kier alpha value is -2.46. The summed E-state index contributed by atoms with van der Waals surface area (Å²) >= 11 is 0. The van der Waals surface area contributed by atoms with Crippen molar-refractivity contribution in [3.8, 4) is 0 Å². The zero-order valence-corrected chi connectivity index (χ0v) is 16.2. The molecule has 1 aromatic rings. The number of aliphatic hydroxyl groups is 1. The van der Waals surface area contributed by atoms with Gasteiger partial charge in [-0.3, -0.25) is 10.2 Å². The highest BCUT2D eigenvalue weighted by Gasteiger charge is 2.64. The zero-order valence-electron chi connectivity index (χ0n) is 16.2. The Labute approximate surface area is 160 Å². The first-order valence-corrected chi connectivity index (χ1v) is 9.62. The van der Waals surface area contributed by atoms with E-state index < -0.39 is 5.60 Å². The maximum Gasteiger partial charge on any atom is 0.195 e. The predicted octanol–water partition coefficient (Wildman–Crippen LogP) is 4.55. The molecule has 0 aromatic heterocycles. The lowest BCUT2D eigenvalue weighted by atomic mass is 9.67. The first-order chi connectivity index (χ1) is 12.9. The van der Waals surface area contributed by atoms with Gasteiger partial charge in [0.1, 0.15) is 5.60 Å². The molecule has 1 fully saturated rings. The molecule has 4 rings (SSSR count). The summed E-state index contributed by atoms with van der Waals surface area (Å²) in [6, 6.07) is 9.85. The normalized spacial score (nSPS) is 26.1. The molecule has 1 saturated carbocycles. The molecule has 3 aliphatic carbocycles. The van der Waals surface area contributed by atoms with Crippen molar-refractivity contribution in [2.45, 2.75) is 52.1 Å². The molecule has 0 radical (unpaired) electrons. The molecular weight excluding hydrogens is 336 g/mol. The fourth-order valence-corrected chi connectivity index (χ4v) is 4.64. The average Bonchev–Trinajstić information content (AvgIpc) is 3.41. The molecule has 4 heteroatoms. The number of para-hydroxylation sites is 1. The molecular formula is C23H26N2O2. The molecule has 0 heterocycles. The van der Waals surface area contributed by atoms with E-state index in [1.807, 2.05) is 42.6 Å². The van der Waals surface area contributed by atoms with Crippen molar-refractivity contribution in [1.29, 1.82) is 0 Å². The summed E-state index contributed by atoms with van der Waals surface area (Å²) in [5.74, 6) is -0.116. The van der Waals surface area contributed by atoms with Crippen molar-refractivity contribution in [3.63, 3.8) is 0 Å². The van der Waals surface area contributed by atoms with E-state index in [4.69, 9.17) is 0 Å². The third kappa shape index (κ3) is 2.71. The first-order valence-electron chi connectivity index (χ1n) is 9.62. The van der Waals surface area contributed by atoms with E-state index in [9.17, 15) is 9.90 Å². The number of benzene rings is 1. The number of nitrogens with one attached hydrogen (secondary N) is 1. The lowest BCUT2D eigenvalue weighted by molar-refractivity contribution is -0.137. The topological polar surface area (TPSA) is 61.7 Å². The minimum atomic E-state index is -1.27. The average molecular weight is 362 g/mol. The van der Waals surface area contributed by atoms with Crippen molar-refractivity contribution in [1.82, 2.24) is 0 Å². The second kappa shape index (κ2) is 6.31. The molecule has 1 atom stereocenters. The van der Waals surface area contributed by atoms with Gasteiger partial charge in [-0.2, -0.15) is 5.10 Å². The molecule has 1 aromatic carbocycles. The van der Waals surface area contributed by atoms with Gasteiger partial charge in [-0.1, -0.05) is 23.8 Å². The molecule has 2 N–H and O–H groups in total. The van der Waals surface area contributed by atoms with Crippen molar-refractivity contribution in [3.05, 3.63) is 64.3 Å². The van der Waals surface area contributed by atoms with Crippen LogP contribution in [0.2, 0.25) is 0 Å². The highest BCUT2D eigenvalue weighted by molar-refractivity contribution is 6.10. The van der Waals surface area contributed by atoms with Crippen LogP contribution in [0.25, 0.3) is 0 Å². The van der Waals surface area contributed by atoms with Gasteiger partial charge in [-0.15, -0.1) is 0 Å². The SMILES string of the molecule is CC1=C(CC/C=N/Nc2ccccc2)C2=C(C)C3(CC3)[C@@](C)(O)C(=O)C2=C1. The number of Topliss-reactive ketones (excluding diaryl/α,β-unsaturated/α-hetero) is 1. The minimum Gasteiger partial charge on any atom is -0.381 e. The van der Waals surface area contributed by atoms with Gasteiger partial charge in [-0.05, 0) is 81.4 Å². The van der Waals surface area contributed by atoms with E-state index in [1.165, 1.54) is 11.1 Å². The summed E-state index contributed by atoms with van der Waals surface area (Å²) < 4.78 is 0. The Morgan fingerprint density at radius 2 is 1.93 bits per heavy atom. The van der Waals surface area contributed by atoms with E-state index in [1.54, 1.807) is 6.92 Å². The lowest BCUT2D eigenvalue weighted by Crippen LogP contribution is -2.49. The maximum atomic E-state index is 12.9. The predicted molar refractivity (Wildman–Crippen MR) is 109 cm³/mol. The number of nitrogens with zero attached hydrogens (tertiary/aromatic N) is 1. The van der Waals surface area contributed by atoms with Gasteiger partial charge < -0.3 is 5.11 Å². The van der Waals surface area contributed by atoms with E-state index in [-0.39, 0.29) is 11.2 Å². The minimum absolute atomic E-state index is 0.116. The number of ketones is 1. The summed E-state index contributed by atoms with van der Waals surface area (Å²) in [5, 5.41) is 15.2. The molecule has 0 bridgehead atoms. The van der Waals surface area contributed by atoms with Crippen LogP contribution in [0, 0.1) is 5.41 Å². The number of hydrogen-bond donors (Lipinski definition) is 2. The quantitative estimate of drug-likeness (QED) is 0.597. The van der Waals surface area contributed by atoms with Crippen LogP contribution in [-0.2, 0) is 4.79 Å². The standard InChI is InChI=1S/C23H26N2O2/c1-15-14-19-20(16(2)23(11-12-23)22(3,27)21(19)26)18(15)10-7-13-24-25-17-8-5-4-6-9-17/h4-6,8-9,13-14,25,27H,7,10-12H2,1-3H3/b24-13+/t22-/m0/s1. The summed E-state index contributed by atoms with van der Waals surface area (Å²) in [6.07, 6.45) is 7.26. The number of carbonyl (C=O) groups is 1. The fourth-order valence-electron chi connectivity index (χ4n) is 4.64. The number of fused-ring (bicyclic) bond motifs is 1. The molecule has 1 spiro atoms. The van der Waals surface area contributed by atoms with Crippen LogP contribution in [0.5, 0.6) is 0 Å². The van der Waals surface area contributed by atoms with Crippen LogP contribution in [0.15, 0.2) is 69.4 Å². The van der Waals surface area contributed by atoms with Crippen molar-refractivity contribution < 1.29 is 9.90 Å². The van der Waals surface area contributed by atoms with Crippen molar-refractivity contribution in [2.75, 3.05) is 5.43 Å². The zero-order chi connectivity index (χ0) is 19.2. The second-order valence-electron chi connectivity index (χ2n) is 8.03. The monoisotopic (exact) mass is 362 g/mol. The molecule has 0 unspecified atom stereocenters. The van der Waals surface area contributed by atoms with Gasteiger partial charge in [0.2, 0.25) is 0 Å². The van der Waals surface area contributed by atoms with E-state index >= 15 is 0 Å². The summed E-state index contributed by atoms with van der Waals surface area (Å²) in [5.41, 5.74) is 7.69. The number of hydrogen-bond acceptors (Lipinski definition) is 4. The summed E-state index contributed by atoms with van der Waals surface area (Å²) in [7, 11) is 0. The molecule has 4 nitrogen and oxygen atoms in total. The lowest BCUT2D eigenvalue weighted by Gasteiger charge is -2.39. The van der Waals surface area contributed by atoms with E-state index in [2.05, 4.69) is 24.4 Å². The Balaban J connectivity index is 1.50. The summed E-state index contributed by atoms with van der Waals surface area (Å²) in [4.78, 5) is 12.9. The van der Waals surface area contributed by atoms with Gasteiger partial charge in [-0.25, -0.2) is 0 Å². The van der Waals surface area contributed by atoms with Gasteiger partial charge in [0.05, 0.1) is 5.69 Å². The third-order valence-corrected chi connectivity index (χ3v) is 6.45. The largest absolute Gasteiger partial charge is 0.381 e. The maximum absolute atomic E-state index is 12.9. The Bertz CT molecular complexity index is 913. The number of hydrazone groups is 1. The Kier molecular flexibility index (Phi) is 4.19. The van der Waals surface area contributed by atoms with E-state index in [0.717, 1.165) is 42.5 Å². The van der Waals surface area contributed by atoms with Crippen LogP contribution < -0.4 is 5.43 Å². The van der Waals surface area contributed by atoms with Gasteiger partial charge in [0.25, 0.3) is 0 Å². The molecule has 0 amide bonds. The highest BCUT2D eigenvalue weighted by Crippen LogP contribution is 2.65. The molecule has 0 saturated heterocycles. The molecule has 140 valence electrons. The van der Waals surface area contributed by atoms with Crippen LogP contribution in [0.4, 0.5) is 5.69 Å². The van der Waals surface area contributed by atoms with Crippen LogP contribution in [0.1, 0.15) is 46.5 Å². The molecule has 0 aliphatic heterocycles. The first kappa shape index (κ1) is 17.9. The smallest absolute Gasteiger partial charge is 0.195 e. The van der Waals surface area contributed by atoms with Gasteiger partial charge in [0, 0.05) is 17.2 Å². The van der Waals surface area contributed by atoms with Gasteiger partial charge >= 0.3 is 0 Å². The number of carbonyl (C=O) groups excluding carboxylic acids is 1. The Morgan fingerprint density at radius 3 is 2.59 bits per heavy atom. The van der Waals surface area contributed by atoms with Crippen molar-refractivity contribution in [2.24, 2.45) is 10.5 Å². The molecule has 27 heavy (non-hydrogen) atoms. The number of allylic oxidation sites excluding steroid dienone is 4. The van der Waals surface area contributed by atoms with Gasteiger partial charge in [0.15, 0.2) is 5.78 Å². The number of rotatable bonds is 5. The Morgan fingerprint density at radius 1 is 1.22 bits per heavy atom. The third-order valence-electron chi connectivity index (χ3n) is 6.45. The second-order valence-corrected chi connectivity index (χ2v) is 8.03. The summed E-state index contributed by atoms with van der Waals surface area (Å²) in [6.45, 7) is 5.85. The van der Waals surface area contributed by atoms with E-state index in [0.29, 0.717) is 5.57 Å².